The molecule has 1 aliphatic carbocycles. The van der Waals surface area contributed by atoms with E-state index in [0.29, 0.717) is 19.4 Å². The van der Waals surface area contributed by atoms with Gasteiger partial charge >= 0.3 is 5.97 Å². The van der Waals surface area contributed by atoms with Gasteiger partial charge in [0.2, 0.25) is 0 Å². The molecule has 0 spiro atoms. The van der Waals surface area contributed by atoms with Gasteiger partial charge in [0, 0.05) is 12.1 Å². The van der Waals surface area contributed by atoms with Crippen molar-refractivity contribution in [2.75, 3.05) is 7.11 Å². The van der Waals surface area contributed by atoms with E-state index in [-0.39, 0.29) is 0 Å². The molecule has 0 amide bonds. The number of nitrogens with one attached hydrogen (secondary N) is 1. The second-order valence-electron chi connectivity index (χ2n) is 4.41. The lowest BCUT2D eigenvalue weighted by Gasteiger charge is -2.38. The Morgan fingerprint density at radius 2 is 2.18 bits per heavy atom. The summed E-state index contributed by atoms with van der Waals surface area (Å²) in [5.74, 6) is 0.0403. The molecule has 92 valence electrons. The van der Waals surface area contributed by atoms with Gasteiger partial charge in [-0.2, -0.15) is 0 Å². The van der Waals surface area contributed by atoms with Crippen molar-refractivity contribution < 1.29 is 14.6 Å². The highest BCUT2D eigenvalue weighted by atomic mass is 16.5. The highest BCUT2D eigenvalue weighted by Crippen LogP contribution is 2.32. The van der Waals surface area contributed by atoms with Gasteiger partial charge in [-0.15, -0.1) is 0 Å². The Kier molecular flexibility index (Phi) is 3.33. The molecule has 1 fully saturated rings. The van der Waals surface area contributed by atoms with E-state index >= 15 is 0 Å². The molecule has 1 saturated carbocycles. The first-order valence-electron chi connectivity index (χ1n) is 5.78. The number of rotatable bonds is 5. The molecule has 0 saturated heterocycles. The zero-order chi connectivity index (χ0) is 12.3. The lowest BCUT2D eigenvalue weighted by molar-refractivity contribution is -0.148. The van der Waals surface area contributed by atoms with Crippen LogP contribution in [0, 0.1) is 0 Å². The van der Waals surface area contributed by atoms with Crippen LogP contribution in [-0.4, -0.2) is 23.7 Å². The summed E-state index contributed by atoms with van der Waals surface area (Å²) in [7, 11) is 1.62. The van der Waals surface area contributed by atoms with E-state index < -0.39 is 11.5 Å². The SMILES string of the molecule is COc1ccccc1CNC1(C(=O)O)CCC1. The van der Waals surface area contributed by atoms with Crippen LogP contribution in [0.25, 0.3) is 0 Å². The fourth-order valence-electron chi connectivity index (χ4n) is 2.11. The predicted molar refractivity (Wildman–Crippen MR) is 64.1 cm³/mol. The number of aliphatic carboxylic acids is 1. The standard InChI is InChI=1S/C13H17NO3/c1-17-11-6-3-2-5-10(11)9-14-13(12(15)16)7-4-8-13/h2-3,5-6,14H,4,7-9H2,1H3,(H,15,16). The fourth-order valence-corrected chi connectivity index (χ4v) is 2.11. The van der Waals surface area contributed by atoms with Crippen molar-refractivity contribution in [3.8, 4) is 5.75 Å². The van der Waals surface area contributed by atoms with Gasteiger partial charge in [0.15, 0.2) is 0 Å². The highest BCUT2D eigenvalue weighted by Gasteiger charge is 2.43. The van der Waals surface area contributed by atoms with E-state index in [1.807, 2.05) is 24.3 Å². The van der Waals surface area contributed by atoms with Crippen LogP contribution in [0.3, 0.4) is 0 Å². The number of benzene rings is 1. The Labute approximate surface area is 101 Å². The van der Waals surface area contributed by atoms with Gasteiger partial charge in [-0.25, -0.2) is 0 Å². The van der Waals surface area contributed by atoms with Crippen molar-refractivity contribution >= 4 is 5.97 Å². The van der Waals surface area contributed by atoms with Crippen molar-refractivity contribution in [3.05, 3.63) is 29.8 Å². The topological polar surface area (TPSA) is 58.6 Å². The largest absolute Gasteiger partial charge is 0.496 e. The van der Waals surface area contributed by atoms with Gasteiger partial charge in [0.1, 0.15) is 11.3 Å². The summed E-state index contributed by atoms with van der Waals surface area (Å²) < 4.78 is 5.24. The molecule has 4 nitrogen and oxygen atoms in total. The smallest absolute Gasteiger partial charge is 0.323 e. The first-order valence-corrected chi connectivity index (χ1v) is 5.78. The minimum absolute atomic E-state index is 0.524. The fraction of sp³-hybridized carbons (Fsp3) is 0.462. The molecule has 0 heterocycles. The molecule has 1 aromatic rings. The van der Waals surface area contributed by atoms with Crippen LogP contribution in [0.1, 0.15) is 24.8 Å². The maximum atomic E-state index is 11.2. The van der Waals surface area contributed by atoms with Crippen molar-refractivity contribution in [1.29, 1.82) is 0 Å². The molecule has 4 heteroatoms. The number of carboxylic acid groups (broad SMARTS) is 1. The lowest BCUT2D eigenvalue weighted by Crippen LogP contribution is -2.56. The molecule has 0 atom stereocenters. The third-order valence-electron chi connectivity index (χ3n) is 3.43. The maximum Gasteiger partial charge on any atom is 0.323 e. The van der Waals surface area contributed by atoms with Crippen LogP contribution >= 0.6 is 0 Å². The Morgan fingerprint density at radius 3 is 2.71 bits per heavy atom. The van der Waals surface area contributed by atoms with E-state index in [1.165, 1.54) is 0 Å². The first-order chi connectivity index (χ1) is 8.18. The first kappa shape index (κ1) is 11.9. The van der Waals surface area contributed by atoms with Crippen LogP contribution in [0.5, 0.6) is 5.75 Å². The molecular weight excluding hydrogens is 218 g/mol. The Bertz CT molecular complexity index is 413. The van der Waals surface area contributed by atoms with Crippen molar-refractivity contribution in [2.45, 2.75) is 31.3 Å². The molecule has 0 unspecified atom stereocenters. The van der Waals surface area contributed by atoms with Gasteiger partial charge in [-0.3, -0.25) is 10.1 Å². The molecule has 1 aromatic carbocycles. The highest BCUT2D eigenvalue weighted by molar-refractivity contribution is 5.80. The molecule has 2 rings (SSSR count). The number of hydrogen-bond acceptors (Lipinski definition) is 3. The van der Waals surface area contributed by atoms with Gasteiger partial charge in [-0.1, -0.05) is 18.2 Å². The quantitative estimate of drug-likeness (QED) is 0.817. The molecule has 0 aromatic heterocycles. The third-order valence-corrected chi connectivity index (χ3v) is 3.43. The van der Waals surface area contributed by atoms with Crippen LogP contribution in [-0.2, 0) is 11.3 Å². The van der Waals surface area contributed by atoms with Crippen molar-refractivity contribution in [1.82, 2.24) is 5.32 Å². The third kappa shape index (κ3) is 2.26. The Balaban J connectivity index is 2.04. The molecule has 1 aliphatic rings. The minimum Gasteiger partial charge on any atom is -0.496 e. The van der Waals surface area contributed by atoms with E-state index in [9.17, 15) is 9.90 Å². The normalized spacial score (nSPS) is 17.2. The van der Waals surface area contributed by atoms with E-state index in [0.717, 1.165) is 17.7 Å². The summed E-state index contributed by atoms with van der Waals surface area (Å²) in [4.78, 5) is 11.2. The molecule has 0 aliphatic heterocycles. The molecular formula is C13H17NO3. The second-order valence-corrected chi connectivity index (χ2v) is 4.41. The minimum atomic E-state index is -0.751. The summed E-state index contributed by atoms with van der Waals surface area (Å²) in [6.45, 7) is 0.524. The average molecular weight is 235 g/mol. The van der Waals surface area contributed by atoms with Gasteiger partial charge in [0.25, 0.3) is 0 Å². The van der Waals surface area contributed by atoms with Gasteiger partial charge in [0.05, 0.1) is 7.11 Å². The van der Waals surface area contributed by atoms with E-state index in [2.05, 4.69) is 5.32 Å². The molecule has 17 heavy (non-hydrogen) atoms. The summed E-state index contributed by atoms with van der Waals surface area (Å²) in [6, 6.07) is 7.65. The number of para-hydroxylation sites is 1. The van der Waals surface area contributed by atoms with Gasteiger partial charge in [-0.05, 0) is 25.3 Å². The number of carbonyl (C=O) groups is 1. The lowest BCUT2D eigenvalue weighted by atomic mass is 9.76. The van der Waals surface area contributed by atoms with Crippen LogP contribution in [0.4, 0.5) is 0 Å². The zero-order valence-electron chi connectivity index (χ0n) is 9.90. The number of hydrogen-bond donors (Lipinski definition) is 2. The Morgan fingerprint density at radius 1 is 1.47 bits per heavy atom. The number of ether oxygens (including phenoxy) is 1. The molecule has 0 bridgehead atoms. The van der Waals surface area contributed by atoms with E-state index in [4.69, 9.17) is 4.74 Å². The predicted octanol–water partition coefficient (Wildman–Crippen LogP) is 1.79. The average Bonchev–Trinajstić information content (AvgIpc) is 2.27. The Hall–Kier alpha value is -1.55. The summed E-state index contributed by atoms with van der Waals surface area (Å²) in [5, 5.41) is 12.3. The van der Waals surface area contributed by atoms with Crippen molar-refractivity contribution in [2.24, 2.45) is 0 Å². The van der Waals surface area contributed by atoms with Gasteiger partial charge < -0.3 is 9.84 Å². The summed E-state index contributed by atoms with van der Waals surface area (Å²) in [6.07, 6.45) is 2.39. The monoisotopic (exact) mass is 235 g/mol. The maximum absolute atomic E-state index is 11.2. The summed E-state index contributed by atoms with van der Waals surface area (Å²) in [5.41, 5.74) is 0.267. The zero-order valence-corrected chi connectivity index (χ0v) is 9.90. The van der Waals surface area contributed by atoms with Crippen LogP contribution in [0.15, 0.2) is 24.3 Å². The molecule has 0 radical (unpaired) electrons. The van der Waals surface area contributed by atoms with E-state index in [1.54, 1.807) is 7.11 Å². The van der Waals surface area contributed by atoms with Crippen LogP contribution < -0.4 is 10.1 Å². The van der Waals surface area contributed by atoms with Crippen LogP contribution in [0.2, 0.25) is 0 Å². The number of carboxylic acids is 1. The van der Waals surface area contributed by atoms with Crippen molar-refractivity contribution in [3.63, 3.8) is 0 Å². The second kappa shape index (κ2) is 4.75. The molecule has 2 N–H and O–H groups in total. The summed E-state index contributed by atoms with van der Waals surface area (Å²) >= 11 is 0. The number of methoxy groups -OCH3 is 1.